The Morgan fingerprint density at radius 3 is 2.89 bits per heavy atom. The lowest BCUT2D eigenvalue weighted by atomic mass is 9.78. The molecule has 3 aromatic heterocycles. The molecule has 0 bridgehead atoms. The van der Waals surface area contributed by atoms with Crippen molar-refractivity contribution < 1.29 is 14.3 Å². The largest absolute Gasteiger partial charge is 0.473 e. The second-order valence-electron chi connectivity index (χ2n) is 9.82. The molecule has 5 rings (SSSR count). The van der Waals surface area contributed by atoms with Crippen molar-refractivity contribution in [2.45, 2.75) is 51.7 Å². The standard InChI is InChI=1S/C28H29N7O3/c1-17(32-27(37)23-16-31-35(18(23)2)21-7-5-6-19(15-29)9-10-21)12-20-13-22(14-20)38-28-25(26(30)36)24-8-3-4-11-34(24)33-28/h3-6,8-11,16-17,20,22H,7,12-14H2,1-2H3,(H2,30,36)(H,32,37)/t17-,20?,22?/m0/s1. The summed E-state index contributed by atoms with van der Waals surface area (Å²) in [6, 6.07) is 7.53. The molecule has 38 heavy (non-hydrogen) atoms. The zero-order valence-electron chi connectivity index (χ0n) is 21.3. The Hall–Kier alpha value is -4.65. The number of allylic oxidation sites excluding steroid dienone is 6. The summed E-state index contributed by atoms with van der Waals surface area (Å²) >= 11 is 0. The summed E-state index contributed by atoms with van der Waals surface area (Å²) in [6.45, 7) is 3.86. The lowest BCUT2D eigenvalue weighted by molar-refractivity contribution is 0.0507. The van der Waals surface area contributed by atoms with Crippen molar-refractivity contribution in [3.63, 3.8) is 0 Å². The number of hydrogen-bond donors (Lipinski definition) is 2. The van der Waals surface area contributed by atoms with E-state index in [0.29, 0.717) is 34.6 Å². The van der Waals surface area contributed by atoms with Crippen LogP contribution in [0.1, 0.15) is 59.0 Å². The van der Waals surface area contributed by atoms with Gasteiger partial charge in [-0.2, -0.15) is 10.4 Å². The number of primary amides is 1. The number of carbonyl (C=O) groups is 2. The van der Waals surface area contributed by atoms with E-state index in [-0.39, 0.29) is 23.9 Å². The molecule has 2 aliphatic rings. The third-order valence-corrected chi connectivity index (χ3v) is 7.02. The Balaban J connectivity index is 1.15. The highest BCUT2D eigenvalue weighted by atomic mass is 16.5. The molecule has 2 aliphatic carbocycles. The second-order valence-corrected chi connectivity index (χ2v) is 9.82. The molecule has 0 unspecified atom stereocenters. The van der Waals surface area contributed by atoms with E-state index >= 15 is 0 Å². The van der Waals surface area contributed by atoms with Crippen molar-refractivity contribution in [2.75, 3.05) is 0 Å². The van der Waals surface area contributed by atoms with Gasteiger partial charge in [0, 0.05) is 24.4 Å². The maximum atomic E-state index is 13.0. The van der Waals surface area contributed by atoms with Crippen LogP contribution in [0.5, 0.6) is 5.88 Å². The summed E-state index contributed by atoms with van der Waals surface area (Å²) in [4.78, 5) is 25.0. The summed E-state index contributed by atoms with van der Waals surface area (Å²) in [7, 11) is 0. The van der Waals surface area contributed by atoms with Crippen LogP contribution in [-0.4, -0.2) is 43.4 Å². The lowest BCUT2D eigenvalue weighted by Gasteiger charge is -2.36. The highest BCUT2D eigenvalue weighted by Gasteiger charge is 2.34. The van der Waals surface area contributed by atoms with Crippen molar-refractivity contribution in [1.82, 2.24) is 24.7 Å². The van der Waals surface area contributed by atoms with Gasteiger partial charge in [-0.3, -0.25) is 9.59 Å². The predicted molar refractivity (Wildman–Crippen MR) is 141 cm³/mol. The maximum absolute atomic E-state index is 13.0. The number of fused-ring (bicyclic) bond motifs is 1. The average Bonchev–Trinajstić information content (AvgIpc) is 3.33. The van der Waals surface area contributed by atoms with E-state index in [0.717, 1.165) is 30.7 Å². The van der Waals surface area contributed by atoms with Gasteiger partial charge in [-0.15, -0.1) is 5.10 Å². The first kappa shape index (κ1) is 25.0. The molecule has 1 saturated carbocycles. The molecule has 10 nitrogen and oxygen atoms in total. The molecule has 0 aromatic carbocycles. The SMILES string of the molecule is Cc1c(C(=O)N[C@@H](C)CC2CC(Oc3nn4ccccc4c3C(N)=O)C2)cnn1C1=CC=C(C#N)C=CC1. The quantitative estimate of drug-likeness (QED) is 0.474. The van der Waals surface area contributed by atoms with Crippen LogP contribution in [0.25, 0.3) is 11.2 Å². The molecule has 0 radical (unpaired) electrons. The molecule has 3 N–H and O–H groups in total. The molecule has 0 spiro atoms. The molecule has 0 saturated heterocycles. The van der Waals surface area contributed by atoms with Gasteiger partial charge >= 0.3 is 0 Å². The Morgan fingerprint density at radius 1 is 1.32 bits per heavy atom. The van der Waals surface area contributed by atoms with Crippen LogP contribution < -0.4 is 15.8 Å². The third kappa shape index (κ3) is 4.95. The smallest absolute Gasteiger partial charge is 0.256 e. The number of hydrogen-bond acceptors (Lipinski definition) is 6. The van der Waals surface area contributed by atoms with Crippen LogP contribution in [0.3, 0.4) is 0 Å². The second kappa shape index (κ2) is 10.4. The molecule has 1 atom stereocenters. The maximum Gasteiger partial charge on any atom is 0.256 e. The van der Waals surface area contributed by atoms with E-state index in [1.54, 1.807) is 39.8 Å². The number of nitriles is 1. The molecule has 10 heteroatoms. The monoisotopic (exact) mass is 511 g/mol. The lowest BCUT2D eigenvalue weighted by Crippen LogP contribution is -2.40. The fourth-order valence-corrected chi connectivity index (χ4v) is 5.04. The molecule has 3 heterocycles. The molecular weight excluding hydrogens is 482 g/mol. The van der Waals surface area contributed by atoms with E-state index in [1.165, 1.54) is 0 Å². The Labute approximate surface area is 220 Å². The van der Waals surface area contributed by atoms with Crippen molar-refractivity contribution in [2.24, 2.45) is 11.7 Å². The number of nitrogens with zero attached hydrogens (tertiary/aromatic N) is 5. The summed E-state index contributed by atoms with van der Waals surface area (Å²) in [6.07, 6.45) is 13.6. The average molecular weight is 512 g/mol. The predicted octanol–water partition coefficient (Wildman–Crippen LogP) is 3.55. The number of amides is 2. The van der Waals surface area contributed by atoms with Crippen molar-refractivity contribution in [3.05, 3.63) is 77.3 Å². The summed E-state index contributed by atoms with van der Waals surface area (Å²) < 4.78 is 9.36. The first-order valence-electron chi connectivity index (χ1n) is 12.6. The fourth-order valence-electron chi connectivity index (χ4n) is 5.04. The number of pyridine rings is 1. The molecule has 194 valence electrons. The van der Waals surface area contributed by atoms with E-state index in [1.807, 2.05) is 38.1 Å². The van der Waals surface area contributed by atoms with Gasteiger partial charge in [0.1, 0.15) is 11.7 Å². The van der Waals surface area contributed by atoms with Crippen LogP contribution in [0.2, 0.25) is 0 Å². The summed E-state index contributed by atoms with van der Waals surface area (Å²) in [5, 5.41) is 21.0. The molecule has 1 fully saturated rings. The van der Waals surface area contributed by atoms with Crippen molar-refractivity contribution in [1.29, 1.82) is 5.26 Å². The fraction of sp³-hybridized carbons (Fsp3) is 0.321. The Kier molecular flexibility index (Phi) is 6.83. The molecule has 2 amide bonds. The topological polar surface area (TPSA) is 140 Å². The van der Waals surface area contributed by atoms with E-state index < -0.39 is 5.91 Å². The van der Waals surface area contributed by atoms with Gasteiger partial charge in [0.05, 0.1) is 34.6 Å². The van der Waals surface area contributed by atoms with Crippen molar-refractivity contribution >= 4 is 23.0 Å². The van der Waals surface area contributed by atoms with Crippen molar-refractivity contribution in [3.8, 4) is 11.9 Å². The molecule has 0 aliphatic heterocycles. The van der Waals surface area contributed by atoms with Gasteiger partial charge in [0.2, 0.25) is 5.88 Å². The normalized spacial score (nSPS) is 19.5. The highest BCUT2D eigenvalue weighted by Crippen LogP contribution is 2.35. The third-order valence-electron chi connectivity index (χ3n) is 7.02. The first-order chi connectivity index (χ1) is 18.3. The van der Waals surface area contributed by atoms with Gasteiger partial charge in [0.15, 0.2) is 0 Å². The van der Waals surface area contributed by atoms with Gasteiger partial charge in [-0.25, -0.2) is 9.20 Å². The van der Waals surface area contributed by atoms with Crippen LogP contribution >= 0.6 is 0 Å². The van der Waals surface area contributed by atoms with Gasteiger partial charge in [-0.05, 0) is 69.4 Å². The number of aromatic nitrogens is 4. The number of nitrogens with two attached hydrogens (primary N) is 1. The van der Waals surface area contributed by atoms with E-state index in [9.17, 15) is 9.59 Å². The summed E-state index contributed by atoms with van der Waals surface area (Å²) in [5.74, 6) is -0.0822. The first-order valence-corrected chi connectivity index (χ1v) is 12.6. The van der Waals surface area contributed by atoms with E-state index in [2.05, 4.69) is 21.6 Å². The molecular formula is C28H29N7O3. The zero-order chi connectivity index (χ0) is 26.8. The number of ether oxygens (including phenoxy) is 1. The Morgan fingerprint density at radius 2 is 2.13 bits per heavy atom. The minimum atomic E-state index is -0.567. The number of rotatable bonds is 8. The van der Waals surface area contributed by atoms with Gasteiger partial charge in [0.25, 0.3) is 11.8 Å². The zero-order valence-corrected chi connectivity index (χ0v) is 21.3. The van der Waals surface area contributed by atoms with E-state index in [4.69, 9.17) is 15.7 Å². The summed E-state index contributed by atoms with van der Waals surface area (Å²) in [5.41, 5.74) is 9.24. The van der Waals surface area contributed by atoms with Crippen LogP contribution in [0, 0.1) is 24.2 Å². The van der Waals surface area contributed by atoms with Crippen LogP contribution in [0.4, 0.5) is 0 Å². The minimum absolute atomic E-state index is 0.0336. The van der Waals surface area contributed by atoms with Gasteiger partial charge in [-0.1, -0.05) is 12.1 Å². The minimum Gasteiger partial charge on any atom is -0.473 e. The highest BCUT2D eigenvalue weighted by molar-refractivity contribution is 6.02. The Bertz CT molecular complexity index is 1530. The number of nitrogens with one attached hydrogen (secondary N) is 1. The van der Waals surface area contributed by atoms with Gasteiger partial charge < -0.3 is 15.8 Å². The van der Waals surface area contributed by atoms with Crippen LogP contribution in [-0.2, 0) is 0 Å². The van der Waals surface area contributed by atoms with Crippen LogP contribution in [0.15, 0.2) is 60.5 Å². The number of carbonyl (C=O) groups excluding carboxylic acids is 2. The molecule has 3 aromatic rings.